The summed E-state index contributed by atoms with van der Waals surface area (Å²) >= 11 is 0. The van der Waals surface area contributed by atoms with Gasteiger partial charge in [-0.25, -0.2) is 13.2 Å². The molecule has 0 amide bonds. The van der Waals surface area contributed by atoms with Crippen LogP contribution in [0, 0.1) is 13.8 Å². The van der Waals surface area contributed by atoms with Gasteiger partial charge in [0.2, 0.25) is 0 Å². The molecule has 1 heterocycles. The molecule has 0 radical (unpaired) electrons. The van der Waals surface area contributed by atoms with E-state index in [0.717, 1.165) is 11.1 Å². The Morgan fingerprint density at radius 3 is 2.48 bits per heavy atom. The van der Waals surface area contributed by atoms with Gasteiger partial charge in [0.25, 0.3) is 10.0 Å². The molecule has 0 bridgehead atoms. The fourth-order valence-corrected chi connectivity index (χ4v) is 3.51. The molecule has 7 heteroatoms. The van der Waals surface area contributed by atoms with Crippen molar-refractivity contribution >= 4 is 26.8 Å². The molecule has 0 aliphatic heterocycles. The maximum Gasteiger partial charge on any atom is 0.417 e. The maximum absolute atomic E-state index is 12.8. The predicted molar refractivity (Wildman–Crippen MR) is 88.3 cm³/mol. The van der Waals surface area contributed by atoms with Crippen LogP contribution in [0.25, 0.3) is 11.1 Å². The second-order valence-corrected chi connectivity index (χ2v) is 7.38. The van der Waals surface area contributed by atoms with Gasteiger partial charge in [-0.15, -0.1) is 0 Å². The maximum atomic E-state index is 12.8. The Balaban J connectivity index is 2.07. The lowest BCUT2D eigenvalue weighted by atomic mass is 10.1. The van der Waals surface area contributed by atoms with Crippen LogP contribution in [0.15, 0.2) is 50.5 Å². The van der Waals surface area contributed by atoms with Crippen molar-refractivity contribution in [1.29, 1.82) is 0 Å². The Morgan fingerprint density at radius 1 is 1.04 bits per heavy atom. The largest absolute Gasteiger partial charge is 0.417 e. The third kappa shape index (κ3) is 2.63. The zero-order valence-corrected chi connectivity index (χ0v) is 13.8. The molecular weight excluding hydrogens is 316 g/mol. The molecule has 0 atom stereocenters. The Kier molecular flexibility index (Phi) is 3.52. The smallest absolute Gasteiger partial charge is 0.408 e. The number of nitrogens with one attached hydrogen (secondary N) is 1. The third-order valence-corrected chi connectivity index (χ3v) is 5.69. The monoisotopic (exact) mass is 332 g/mol. The number of aromatic amines is 1. The van der Waals surface area contributed by atoms with E-state index < -0.39 is 15.8 Å². The van der Waals surface area contributed by atoms with Crippen LogP contribution in [0.2, 0.25) is 0 Å². The zero-order valence-electron chi connectivity index (χ0n) is 13.0. The molecule has 120 valence electrons. The number of H-pyrrole nitrogens is 1. The third-order valence-electron chi connectivity index (χ3n) is 3.90. The molecule has 3 rings (SSSR count). The van der Waals surface area contributed by atoms with Crippen molar-refractivity contribution in [2.24, 2.45) is 0 Å². The summed E-state index contributed by atoms with van der Waals surface area (Å²) in [7, 11) is -2.25. The molecule has 1 aromatic heterocycles. The number of anilines is 1. The van der Waals surface area contributed by atoms with Gasteiger partial charge in [-0.1, -0.05) is 6.07 Å². The number of hydrogen-bond donors (Lipinski definition) is 1. The number of aryl methyl sites for hydroxylation is 2. The van der Waals surface area contributed by atoms with Gasteiger partial charge in [0, 0.05) is 13.1 Å². The molecule has 23 heavy (non-hydrogen) atoms. The minimum atomic E-state index is -3.75. The number of nitrogens with zero attached hydrogens (tertiary/aromatic N) is 1. The fourth-order valence-electron chi connectivity index (χ4n) is 2.30. The first-order valence-electron chi connectivity index (χ1n) is 6.98. The van der Waals surface area contributed by atoms with E-state index in [-0.39, 0.29) is 10.5 Å². The van der Waals surface area contributed by atoms with Crippen molar-refractivity contribution in [3.8, 4) is 0 Å². The zero-order chi connectivity index (χ0) is 16.8. The van der Waals surface area contributed by atoms with E-state index in [0.29, 0.717) is 11.2 Å². The van der Waals surface area contributed by atoms with Crippen LogP contribution in [0.1, 0.15) is 11.1 Å². The summed E-state index contributed by atoms with van der Waals surface area (Å²) in [6.07, 6.45) is 0. The van der Waals surface area contributed by atoms with Crippen LogP contribution in [0.5, 0.6) is 0 Å². The Bertz CT molecular complexity index is 1050. The van der Waals surface area contributed by atoms with Crippen molar-refractivity contribution in [1.82, 2.24) is 4.98 Å². The summed E-state index contributed by atoms with van der Waals surface area (Å²) in [5, 5.41) is 0. The molecule has 6 nitrogen and oxygen atoms in total. The van der Waals surface area contributed by atoms with E-state index >= 15 is 0 Å². The Morgan fingerprint density at radius 2 is 1.78 bits per heavy atom. The molecule has 0 saturated carbocycles. The molecule has 0 spiro atoms. The van der Waals surface area contributed by atoms with Crippen LogP contribution in [0.3, 0.4) is 0 Å². The van der Waals surface area contributed by atoms with E-state index in [4.69, 9.17) is 4.42 Å². The van der Waals surface area contributed by atoms with Gasteiger partial charge < -0.3 is 4.42 Å². The molecule has 0 aliphatic carbocycles. The lowest BCUT2D eigenvalue weighted by molar-refractivity contribution is 0.554. The predicted octanol–water partition coefficient (Wildman–Crippen LogP) is 2.56. The number of oxazole rings is 1. The summed E-state index contributed by atoms with van der Waals surface area (Å²) in [4.78, 5) is 13.7. The summed E-state index contributed by atoms with van der Waals surface area (Å²) in [6, 6.07) is 9.77. The second kappa shape index (κ2) is 5.27. The summed E-state index contributed by atoms with van der Waals surface area (Å²) < 4.78 is 31.7. The SMILES string of the molecule is Cc1ccc(N(C)S(=O)(=O)c2ccc3[nH]c(=O)oc3c2)cc1C. The number of benzene rings is 2. The first-order chi connectivity index (χ1) is 10.8. The number of hydrogen-bond acceptors (Lipinski definition) is 4. The summed E-state index contributed by atoms with van der Waals surface area (Å²) in [5.74, 6) is -0.614. The van der Waals surface area contributed by atoms with Crippen LogP contribution >= 0.6 is 0 Å². The van der Waals surface area contributed by atoms with Crippen LogP contribution in [0.4, 0.5) is 5.69 Å². The van der Waals surface area contributed by atoms with E-state index in [2.05, 4.69) is 4.98 Å². The fraction of sp³-hybridized carbons (Fsp3) is 0.188. The average molecular weight is 332 g/mol. The van der Waals surface area contributed by atoms with E-state index in [9.17, 15) is 13.2 Å². The van der Waals surface area contributed by atoms with E-state index in [1.807, 2.05) is 26.0 Å². The minimum absolute atomic E-state index is 0.0634. The molecule has 2 aromatic carbocycles. The van der Waals surface area contributed by atoms with E-state index in [1.165, 1.54) is 29.6 Å². The Labute approximate surface area is 133 Å². The second-order valence-electron chi connectivity index (χ2n) is 5.41. The molecule has 0 saturated heterocycles. The highest BCUT2D eigenvalue weighted by molar-refractivity contribution is 7.92. The van der Waals surface area contributed by atoms with Gasteiger partial charge >= 0.3 is 5.76 Å². The summed E-state index contributed by atoms with van der Waals surface area (Å²) in [5.41, 5.74) is 3.35. The first kappa shape index (κ1) is 15.4. The standard InChI is InChI=1S/C16H16N2O4S/c1-10-4-5-12(8-11(10)2)18(3)23(20,21)13-6-7-14-15(9-13)22-16(19)17-14/h4-9H,1-3H3,(H,17,19). The lowest BCUT2D eigenvalue weighted by Gasteiger charge is -2.20. The normalized spacial score (nSPS) is 11.8. The highest BCUT2D eigenvalue weighted by Gasteiger charge is 2.22. The topological polar surface area (TPSA) is 83.4 Å². The van der Waals surface area contributed by atoms with Gasteiger partial charge in [-0.05, 0) is 49.2 Å². The molecular formula is C16H16N2O4S. The molecule has 3 aromatic rings. The number of sulfonamides is 1. The first-order valence-corrected chi connectivity index (χ1v) is 8.42. The molecule has 0 unspecified atom stereocenters. The minimum Gasteiger partial charge on any atom is -0.408 e. The molecule has 1 N–H and O–H groups in total. The summed E-state index contributed by atoms with van der Waals surface area (Å²) in [6.45, 7) is 3.90. The van der Waals surface area contributed by atoms with Gasteiger partial charge in [0.05, 0.1) is 16.1 Å². The number of aromatic nitrogens is 1. The average Bonchev–Trinajstić information content (AvgIpc) is 2.88. The van der Waals surface area contributed by atoms with Gasteiger partial charge in [-0.3, -0.25) is 9.29 Å². The van der Waals surface area contributed by atoms with Gasteiger partial charge in [-0.2, -0.15) is 0 Å². The molecule has 0 fully saturated rings. The van der Waals surface area contributed by atoms with Crippen molar-refractivity contribution in [2.45, 2.75) is 18.7 Å². The van der Waals surface area contributed by atoms with Crippen LogP contribution < -0.4 is 10.1 Å². The van der Waals surface area contributed by atoms with Crippen LogP contribution in [-0.2, 0) is 10.0 Å². The number of fused-ring (bicyclic) bond motifs is 1. The van der Waals surface area contributed by atoms with Crippen molar-refractivity contribution in [3.63, 3.8) is 0 Å². The number of rotatable bonds is 3. The highest BCUT2D eigenvalue weighted by atomic mass is 32.2. The van der Waals surface area contributed by atoms with E-state index in [1.54, 1.807) is 6.07 Å². The highest BCUT2D eigenvalue weighted by Crippen LogP contribution is 2.25. The van der Waals surface area contributed by atoms with Crippen LogP contribution in [-0.4, -0.2) is 20.4 Å². The van der Waals surface area contributed by atoms with Gasteiger partial charge in [0.1, 0.15) is 0 Å². The van der Waals surface area contributed by atoms with Crippen molar-refractivity contribution in [3.05, 3.63) is 58.1 Å². The van der Waals surface area contributed by atoms with Crippen molar-refractivity contribution in [2.75, 3.05) is 11.4 Å². The Hall–Kier alpha value is -2.54. The lowest BCUT2D eigenvalue weighted by Crippen LogP contribution is -2.26. The molecule has 0 aliphatic rings. The quantitative estimate of drug-likeness (QED) is 0.799. The van der Waals surface area contributed by atoms with Crippen molar-refractivity contribution < 1.29 is 12.8 Å². The van der Waals surface area contributed by atoms with Gasteiger partial charge in [0.15, 0.2) is 5.58 Å².